The molecule has 18 heavy (non-hydrogen) atoms. The topological polar surface area (TPSA) is 41.1 Å². The number of hydrogen-bond donors (Lipinski definition) is 2. The molecule has 1 fully saturated rings. The van der Waals surface area contributed by atoms with Crippen LogP contribution in [0.2, 0.25) is 0 Å². The van der Waals surface area contributed by atoms with Crippen molar-refractivity contribution in [2.24, 2.45) is 0 Å². The van der Waals surface area contributed by atoms with Crippen molar-refractivity contribution in [2.45, 2.75) is 44.6 Å². The molecular weight excluding hydrogens is 224 g/mol. The SMILES string of the molecule is O=C1CCc2ccc(CC3CCCCN3)cc2N1. The molecule has 2 N–H and O–H groups in total. The largest absolute Gasteiger partial charge is 0.326 e. The Bertz CT molecular complexity index is 450. The molecular formula is C15H20N2O. The third-order valence-corrected chi connectivity index (χ3v) is 3.96. The first-order valence-electron chi connectivity index (χ1n) is 6.96. The van der Waals surface area contributed by atoms with E-state index >= 15 is 0 Å². The van der Waals surface area contributed by atoms with Gasteiger partial charge in [0.25, 0.3) is 0 Å². The summed E-state index contributed by atoms with van der Waals surface area (Å²) in [5.74, 6) is 0.149. The summed E-state index contributed by atoms with van der Waals surface area (Å²) in [6, 6.07) is 7.15. The maximum absolute atomic E-state index is 11.4. The molecule has 1 aromatic rings. The molecule has 2 aliphatic rings. The van der Waals surface area contributed by atoms with Gasteiger partial charge in [0.2, 0.25) is 5.91 Å². The van der Waals surface area contributed by atoms with E-state index in [0.29, 0.717) is 12.5 Å². The van der Waals surface area contributed by atoms with Gasteiger partial charge in [-0.05, 0) is 49.4 Å². The Hall–Kier alpha value is -1.35. The smallest absolute Gasteiger partial charge is 0.224 e. The van der Waals surface area contributed by atoms with Crippen LogP contribution in [0.3, 0.4) is 0 Å². The molecule has 0 saturated carbocycles. The zero-order valence-corrected chi connectivity index (χ0v) is 10.7. The molecule has 1 saturated heterocycles. The lowest BCUT2D eigenvalue weighted by Crippen LogP contribution is -2.35. The fourth-order valence-electron chi connectivity index (χ4n) is 2.93. The summed E-state index contributed by atoms with van der Waals surface area (Å²) in [6.07, 6.45) is 6.47. The Morgan fingerprint density at radius 2 is 2.17 bits per heavy atom. The van der Waals surface area contributed by atoms with E-state index < -0.39 is 0 Å². The fourth-order valence-corrected chi connectivity index (χ4v) is 2.93. The molecule has 1 unspecified atom stereocenters. The summed E-state index contributed by atoms with van der Waals surface area (Å²) < 4.78 is 0. The Morgan fingerprint density at radius 3 is 3.00 bits per heavy atom. The van der Waals surface area contributed by atoms with Gasteiger partial charge in [0.05, 0.1) is 0 Å². The average molecular weight is 244 g/mol. The van der Waals surface area contributed by atoms with Crippen molar-refractivity contribution in [3.05, 3.63) is 29.3 Å². The van der Waals surface area contributed by atoms with Crippen LogP contribution in [-0.2, 0) is 17.6 Å². The van der Waals surface area contributed by atoms with Crippen LogP contribution < -0.4 is 10.6 Å². The monoisotopic (exact) mass is 244 g/mol. The minimum absolute atomic E-state index is 0.149. The van der Waals surface area contributed by atoms with Crippen LogP contribution in [0, 0.1) is 0 Å². The van der Waals surface area contributed by atoms with Crippen molar-refractivity contribution in [3.63, 3.8) is 0 Å². The Labute approximate surface area is 108 Å². The molecule has 2 heterocycles. The molecule has 1 atom stereocenters. The number of piperidine rings is 1. The average Bonchev–Trinajstić information content (AvgIpc) is 2.39. The molecule has 3 nitrogen and oxygen atoms in total. The molecule has 1 aromatic carbocycles. The predicted molar refractivity (Wildman–Crippen MR) is 72.7 cm³/mol. The number of rotatable bonds is 2. The molecule has 0 radical (unpaired) electrons. The second-order valence-corrected chi connectivity index (χ2v) is 5.39. The second-order valence-electron chi connectivity index (χ2n) is 5.39. The van der Waals surface area contributed by atoms with Crippen LogP contribution in [-0.4, -0.2) is 18.5 Å². The minimum atomic E-state index is 0.149. The van der Waals surface area contributed by atoms with Gasteiger partial charge in [-0.2, -0.15) is 0 Å². The summed E-state index contributed by atoms with van der Waals surface area (Å²) in [6.45, 7) is 1.15. The zero-order valence-electron chi connectivity index (χ0n) is 10.7. The molecule has 3 heteroatoms. The highest BCUT2D eigenvalue weighted by molar-refractivity contribution is 5.93. The van der Waals surface area contributed by atoms with Gasteiger partial charge in [-0.1, -0.05) is 18.6 Å². The highest BCUT2D eigenvalue weighted by atomic mass is 16.1. The van der Waals surface area contributed by atoms with E-state index in [1.807, 2.05) is 0 Å². The number of benzene rings is 1. The highest BCUT2D eigenvalue weighted by Crippen LogP contribution is 2.25. The van der Waals surface area contributed by atoms with Gasteiger partial charge in [-0.15, -0.1) is 0 Å². The summed E-state index contributed by atoms with van der Waals surface area (Å²) in [5, 5.41) is 6.55. The van der Waals surface area contributed by atoms with Crippen molar-refractivity contribution in [1.29, 1.82) is 0 Å². The minimum Gasteiger partial charge on any atom is -0.326 e. The highest BCUT2D eigenvalue weighted by Gasteiger charge is 2.17. The zero-order chi connectivity index (χ0) is 12.4. The van der Waals surface area contributed by atoms with E-state index in [1.165, 1.54) is 30.4 Å². The number of carbonyl (C=O) groups is 1. The first kappa shape index (κ1) is 11.7. The van der Waals surface area contributed by atoms with Gasteiger partial charge in [-0.25, -0.2) is 0 Å². The van der Waals surface area contributed by atoms with Gasteiger partial charge < -0.3 is 10.6 Å². The molecule has 3 rings (SSSR count). The molecule has 0 bridgehead atoms. The standard InChI is InChI=1S/C15H20N2O/c18-15-7-6-12-5-4-11(10-14(12)17-15)9-13-3-1-2-8-16-13/h4-5,10,13,16H,1-3,6-9H2,(H,17,18). The lowest BCUT2D eigenvalue weighted by Gasteiger charge is -2.24. The second kappa shape index (κ2) is 5.11. The third kappa shape index (κ3) is 2.56. The van der Waals surface area contributed by atoms with Gasteiger partial charge >= 0.3 is 0 Å². The third-order valence-electron chi connectivity index (χ3n) is 3.96. The molecule has 1 amide bonds. The summed E-state index contributed by atoms with van der Waals surface area (Å²) >= 11 is 0. The number of aryl methyl sites for hydroxylation is 1. The fraction of sp³-hybridized carbons (Fsp3) is 0.533. The number of anilines is 1. The van der Waals surface area contributed by atoms with Gasteiger partial charge in [-0.3, -0.25) is 4.79 Å². The van der Waals surface area contributed by atoms with Crippen LogP contribution in [0.1, 0.15) is 36.8 Å². The molecule has 96 valence electrons. The number of nitrogens with one attached hydrogen (secondary N) is 2. The summed E-state index contributed by atoms with van der Waals surface area (Å²) in [5.41, 5.74) is 3.63. The molecule has 0 aromatic heterocycles. The van der Waals surface area contributed by atoms with Crippen LogP contribution in [0.15, 0.2) is 18.2 Å². The quantitative estimate of drug-likeness (QED) is 0.838. The Balaban J connectivity index is 1.73. The van der Waals surface area contributed by atoms with Crippen LogP contribution in [0.25, 0.3) is 0 Å². The van der Waals surface area contributed by atoms with E-state index in [-0.39, 0.29) is 5.91 Å². The van der Waals surface area contributed by atoms with Crippen molar-refractivity contribution in [2.75, 3.05) is 11.9 Å². The lowest BCUT2D eigenvalue weighted by atomic mass is 9.95. The van der Waals surface area contributed by atoms with Crippen molar-refractivity contribution < 1.29 is 4.79 Å². The van der Waals surface area contributed by atoms with E-state index in [2.05, 4.69) is 28.8 Å². The molecule has 0 spiro atoms. The predicted octanol–water partition coefficient (Wildman–Crippen LogP) is 2.26. The van der Waals surface area contributed by atoms with Crippen LogP contribution in [0.4, 0.5) is 5.69 Å². The maximum Gasteiger partial charge on any atom is 0.224 e. The lowest BCUT2D eigenvalue weighted by molar-refractivity contribution is -0.116. The van der Waals surface area contributed by atoms with E-state index in [4.69, 9.17) is 0 Å². The van der Waals surface area contributed by atoms with Gasteiger partial charge in [0.1, 0.15) is 0 Å². The normalized spacial score (nSPS) is 23.3. The van der Waals surface area contributed by atoms with E-state index in [1.54, 1.807) is 0 Å². The number of carbonyl (C=O) groups excluding carboxylic acids is 1. The summed E-state index contributed by atoms with van der Waals surface area (Å²) in [4.78, 5) is 11.4. The number of fused-ring (bicyclic) bond motifs is 1. The van der Waals surface area contributed by atoms with Gasteiger partial charge in [0, 0.05) is 18.2 Å². The number of amides is 1. The summed E-state index contributed by atoms with van der Waals surface area (Å²) in [7, 11) is 0. The first-order valence-corrected chi connectivity index (χ1v) is 6.96. The van der Waals surface area contributed by atoms with Crippen LogP contribution in [0.5, 0.6) is 0 Å². The van der Waals surface area contributed by atoms with Crippen molar-refractivity contribution in [1.82, 2.24) is 5.32 Å². The maximum atomic E-state index is 11.4. The van der Waals surface area contributed by atoms with E-state index in [9.17, 15) is 4.79 Å². The first-order chi connectivity index (χ1) is 8.81. The number of hydrogen-bond acceptors (Lipinski definition) is 2. The van der Waals surface area contributed by atoms with Crippen molar-refractivity contribution >= 4 is 11.6 Å². The molecule has 0 aliphatic carbocycles. The molecule has 2 aliphatic heterocycles. The van der Waals surface area contributed by atoms with E-state index in [0.717, 1.165) is 25.1 Å². The Kier molecular flexibility index (Phi) is 3.33. The van der Waals surface area contributed by atoms with Gasteiger partial charge in [0.15, 0.2) is 0 Å². The Morgan fingerprint density at radius 1 is 1.22 bits per heavy atom. The van der Waals surface area contributed by atoms with Crippen LogP contribution >= 0.6 is 0 Å². The van der Waals surface area contributed by atoms with Crippen molar-refractivity contribution in [3.8, 4) is 0 Å².